The second kappa shape index (κ2) is 9.88. The average Bonchev–Trinajstić information content (AvgIpc) is 2.31. The summed E-state index contributed by atoms with van der Waals surface area (Å²) in [6, 6.07) is -0.231. The van der Waals surface area contributed by atoms with E-state index in [4.69, 9.17) is 4.74 Å². The molecule has 0 aromatic carbocycles. The lowest BCUT2D eigenvalue weighted by Gasteiger charge is -2.14. The molecule has 0 aliphatic heterocycles. The highest BCUT2D eigenvalue weighted by atomic mass is 16.5. The lowest BCUT2D eigenvalue weighted by molar-refractivity contribution is -0.143. The van der Waals surface area contributed by atoms with Gasteiger partial charge in [0.05, 0.1) is 12.6 Å². The van der Waals surface area contributed by atoms with Crippen molar-refractivity contribution in [3.05, 3.63) is 0 Å². The molecule has 2 N–H and O–H groups in total. The Kier molecular flexibility index (Phi) is 9.28. The summed E-state index contributed by atoms with van der Waals surface area (Å²) in [5, 5.41) is 5.94. The summed E-state index contributed by atoms with van der Waals surface area (Å²) in [6.45, 7) is 9.45. The van der Waals surface area contributed by atoms with E-state index < -0.39 is 0 Å². The maximum absolute atomic E-state index is 11.6. The molecule has 0 heterocycles. The van der Waals surface area contributed by atoms with E-state index in [1.54, 1.807) is 6.92 Å². The van der Waals surface area contributed by atoms with Crippen molar-refractivity contribution in [1.82, 2.24) is 10.6 Å². The Balaban J connectivity index is 3.60. The van der Waals surface area contributed by atoms with Gasteiger partial charge in [0.2, 0.25) is 5.91 Å². The van der Waals surface area contributed by atoms with E-state index in [-0.39, 0.29) is 17.9 Å². The Bertz CT molecular complexity index is 255. The first-order valence-electron chi connectivity index (χ1n) is 6.64. The van der Waals surface area contributed by atoms with Gasteiger partial charge in [0.1, 0.15) is 0 Å². The summed E-state index contributed by atoms with van der Waals surface area (Å²) >= 11 is 0. The maximum Gasteiger partial charge on any atom is 0.305 e. The van der Waals surface area contributed by atoms with Crippen LogP contribution in [0.1, 0.15) is 40.5 Å². The normalized spacial score (nSPS) is 12.3. The van der Waals surface area contributed by atoms with Crippen molar-refractivity contribution in [2.75, 3.05) is 19.7 Å². The van der Waals surface area contributed by atoms with E-state index in [1.807, 2.05) is 6.92 Å². The third kappa shape index (κ3) is 8.98. The van der Waals surface area contributed by atoms with E-state index in [9.17, 15) is 9.59 Å². The highest BCUT2D eigenvalue weighted by molar-refractivity contribution is 5.81. The van der Waals surface area contributed by atoms with Crippen LogP contribution in [-0.4, -0.2) is 37.6 Å². The summed E-state index contributed by atoms with van der Waals surface area (Å²) in [5.74, 6) is 0.265. The van der Waals surface area contributed by atoms with Crippen LogP contribution in [0.4, 0.5) is 0 Å². The molecule has 1 unspecified atom stereocenters. The zero-order valence-electron chi connectivity index (χ0n) is 11.9. The Labute approximate surface area is 110 Å². The predicted octanol–water partition coefficient (Wildman–Crippen LogP) is 1.08. The third-order valence-corrected chi connectivity index (χ3v) is 2.39. The number of esters is 1. The molecule has 0 radical (unpaired) electrons. The minimum atomic E-state index is -0.231. The second-order valence-electron chi connectivity index (χ2n) is 4.72. The van der Waals surface area contributed by atoms with Crippen molar-refractivity contribution < 1.29 is 14.3 Å². The summed E-state index contributed by atoms with van der Waals surface area (Å²) in [5.41, 5.74) is 0. The van der Waals surface area contributed by atoms with Crippen LogP contribution in [0.5, 0.6) is 0 Å². The molecule has 0 saturated carbocycles. The fourth-order valence-corrected chi connectivity index (χ4v) is 1.33. The molecule has 106 valence electrons. The van der Waals surface area contributed by atoms with Crippen LogP contribution in [0.25, 0.3) is 0 Å². The monoisotopic (exact) mass is 258 g/mol. The minimum Gasteiger partial charge on any atom is -0.466 e. The summed E-state index contributed by atoms with van der Waals surface area (Å²) in [6.07, 6.45) is 1.07. The third-order valence-electron chi connectivity index (χ3n) is 2.39. The highest BCUT2D eigenvalue weighted by Gasteiger charge is 2.11. The van der Waals surface area contributed by atoms with Crippen molar-refractivity contribution in [2.24, 2.45) is 5.92 Å². The van der Waals surface area contributed by atoms with Gasteiger partial charge in [-0.25, -0.2) is 0 Å². The zero-order valence-corrected chi connectivity index (χ0v) is 11.9. The van der Waals surface area contributed by atoms with Gasteiger partial charge in [0.25, 0.3) is 0 Å². The molecular formula is C13H26N2O3. The van der Waals surface area contributed by atoms with Gasteiger partial charge < -0.3 is 15.4 Å². The van der Waals surface area contributed by atoms with E-state index >= 15 is 0 Å². The number of rotatable bonds is 9. The molecular weight excluding hydrogens is 232 g/mol. The van der Waals surface area contributed by atoms with Gasteiger partial charge in [-0.05, 0) is 32.7 Å². The van der Waals surface area contributed by atoms with Crippen LogP contribution in [0, 0.1) is 5.92 Å². The van der Waals surface area contributed by atoms with Crippen LogP contribution >= 0.6 is 0 Å². The number of amides is 1. The fraction of sp³-hybridized carbons (Fsp3) is 0.846. The van der Waals surface area contributed by atoms with Gasteiger partial charge in [-0.1, -0.05) is 13.8 Å². The van der Waals surface area contributed by atoms with Gasteiger partial charge in [-0.2, -0.15) is 0 Å². The molecule has 0 aliphatic carbocycles. The van der Waals surface area contributed by atoms with Crippen LogP contribution in [0.2, 0.25) is 0 Å². The molecule has 5 nitrogen and oxygen atoms in total. The molecule has 0 aromatic heterocycles. The first-order chi connectivity index (χ1) is 8.47. The topological polar surface area (TPSA) is 67.4 Å². The van der Waals surface area contributed by atoms with Gasteiger partial charge in [0.15, 0.2) is 0 Å². The molecule has 5 heteroatoms. The molecule has 0 aromatic rings. The molecule has 0 rings (SSSR count). The average molecular weight is 258 g/mol. The lowest BCUT2D eigenvalue weighted by atomic mass is 10.2. The SMILES string of the molecule is CCOC(=O)CCCNC(C)C(=O)NCC(C)C. The smallest absolute Gasteiger partial charge is 0.305 e. The molecule has 0 fully saturated rings. The van der Waals surface area contributed by atoms with Crippen LogP contribution in [0.3, 0.4) is 0 Å². The minimum absolute atomic E-state index is 0.000153. The van der Waals surface area contributed by atoms with Crippen molar-refractivity contribution in [3.63, 3.8) is 0 Å². The van der Waals surface area contributed by atoms with E-state index in [0.29, 0.717) is 38.5 Å². The van der Waals surface area contributed by atoms with Crippen molar-refractivity contribution in [2.45, 2.75) is 46.6 Å². The number of nitrogens with one attached hydrogen (secondary N) is 2. The quantitative estimate of drug-likeness (QED) is 0.480. The van der Waals surface area contributed by atoms with Crippen LogP contribution in [-0.2, 0) is 14.3 Å². The molecule has 0 bridgehead atoms. The fourth-order valence-electron chi connectivity index (χ4n) is 1.33. The Morgan fingerprint density at radius 2 is 1.89 bits per heavy atom. The number of hydrogen-bond donors (Lipinski definition) is 2. The molecule has 0 spiro atoms. The van der Waals surface area contributed by atoms with Gasteiger partial charge in [-0.15, -0.1) is 0 Å². The Morgan fingerprint density at radius 3 is 2.44 bits per heavy atom. The zero-order chi connectivity index (χ0) is 14.0. The largest absolute Gasteiger partial charge is 0.466 e. The first kappa shape index (κ1) is 16.9. The van der Waals surface area contributed by atoms with Gasteiger partial charge in [0, 0.05) is 13.0 Å². The first-order valence-corrected chi connectivity index (χ1v) is 6.64. The summed E-state index contributed by atoms with van der Waals surface area (Å²) < 4.78 is 4.82. The molecule has 1 amide bonds. The second-order valence-corrected chi connectivity index (χ2v) is 4.72. The van der Waals surface area contributed by atoms with Gasteiger partial charge >= 0.3 is 5.97 Å². The predicted molar refractivity (Wildman–Crippen MR) is 71.2 cm³/mol. The van der Waals surface area contributed by atoms with Crippen molar-refractivity contribution in [3.8, 4) is 0 Å². The number of carbonyl (C=O) groups is 2. The number of carbonyl (C=O) groups excluding carboxylic acids is 2. The van der Waals surface area contributed by atoms with E-state index in [0.717, 1.165) is 0 Å². The number of hydrogen-bond acceptors (Lipinski definition) is 4. The van der Waals surface area contributed by atoms with Gasteiger partial charge in [-0.3, -0.25) is 9.59 Å². The van der Waals surface area contributed by atoms with E-state index in [2.05, 4.69) is 24.5 Å². The van der Waals surface area contributed by atoms with Crippen molar-refractivity contribution >= 4 is 11.9 Å². The Hall–Kier alpha value is -1.10. The molecule has 1 atom stereocenters. The lowest BCUT2D eigenvalue weighted by Crippen LogP contribution is -2.43. The molecule has 18 heavy (non-hydrogen) atoms. The summed E-state index contributed by atoms with van der Waals surface area (Å²) in [7, 11) is 0. The van der Waals surface area contributed by atoms with Crippen LogP contribution in [0.15, 0.2) is 0 Å². The number of ether oxygens (including phenoxy) is 1. The molecule has 0 saturated heterocycles. The molecule has 0 aliphatic rings. The highest BCUT2D eigenvalue weighted by Crippen LogP contribution is 1.93. The van der Waals surface area contributed by atoms with Crippen LogP contribution < -0.4 is 10.6 Å². The standard InChI is InChI=1S/C13H26N2O3/c1-5-18-12(16)7-6-8-14-11(4)13(17)15-9-10(2)3/h10-11,14H,5-9H2,1-4H3,(H,15,17). The Morgan fingerprint density at radius 1 is 1.22 bits per heavy atom. The maximum atomic E-state index is 11.6. The van der Waals surface area contributed by atoms with E-state index in [1.165, 1.54) is 0 Å². The summed E-state index contributed by atoms with van der Waals surface area (Å²) in [4.78, 5) is 22.7. The van der Waals surface area contributed by atoms with Crippen molar-refractivity contribution in [1.29, 1.82) is 0 Å².